The van der Waals surface area contributed by atoms with Crippen molar-refractivity contribution in [2.24, 2.45) is 5.10 Å². The van der Waals surface area contributed by atoms with Crippen LogP contribution in [0.15, 0.2) is 15.3 Å². The summed E-state index contributed by atoms with van der Waals surface area (Å²) in [5.74, 6) is 0. The lowest BCUT2D eigenvalue weighted by molar-refractivity contribution is 0.952. The Morgan fingerprint density at radius 2 is 2.22 bits per heavy atom. The van der Waals surface area contributed by atoms with Gasteiger partial charge in [-0.1, -0.05) is 6.92 Å². The van der Waals surface area contributed by atoms with Gasteiger partial charge in [0.25, 0.3) is 0 Å². The molecule has 0 aromatic carbocycles. The van der Waals surface area contributed by atoms with Crippen molar-refractivity contribution in [3.8, 4) is 0 Å². The average molecular weight is 188 g/mol. The number of nitrogens with zero attached hydrogens (tertiary/aromatic N) is 2. The molecule has 0 fully saturated rings. The highest BCUT2D eigenvalue weighted by Crippen LogP contribution is 2.19. The first kappa shape index (κ1) is 6.81. The maximum Gasteiger partial charge on any atom is 0.133 e. The molecular weight excluding hydrogens is 180 g/mol. The summed E-state index contributed by atoms with van der Waals surface area (Å²) in [5.41, 5.74) is 6.10. The van der Waals surface area contributed by atoms with E-state index in [0.29, 0.717) is 0 Å². The van der Waals surface area contributed by atoms with Crippen LogP contribution in [0.2, 0.25) is 0 Å². The molecule has 0 aromatic rings. The fraction of sp³-hybridized carbons (Fsp3) is 0.500. The van der Waals surface area contributed by atoms with E-state index in [1.54, 1.807) is 0 Å². The SMILES string of the molecule is CCC1=C(Br)[N]N=C1C. The summed E-state index contributed by atoms with van der Waals surface area (Å²) in [6.07, 6.45) is 0.999. The molecule has 0 aliphatic carbocycles. The molecular formula is C6H8BrN2. The molecule has 0 amide bonds. The molecule has 0 saturated heterocycles. The van der Waals surface area contributed by atoms with E-state index >= 15 is 0 Å². The Morgan fingerprint density at radius 1 is 1.56 bits per heavy atom. The predicted molar refractivity (Wildman–Crippen MR) is 41.5 cm³/mol. The van der Waals surface area contributed by atoms with Crippen molar-refractivity contribution in [2.75, 3.05) is 0 Å². The van der Waals surface area contributed by atoms with Gasteiger partial charge < -0.3 is 0 Å². The smallest absolute Gasteiger partial charge is 0.133 e. The molecule has 0 bridgehead atoms. The van der Waals surface area contributed by atoms with Crippen LogP contribution in [0.1, 0.15) is 20.3 Å². The van der Waals surface area contributed by atoms with E-state index in [9.17, 15) is 0 Å². The maximum atomic E-state index is 3.89. The highest BCUT2D eigenvalue weighted by molar-refractivity contribution is 9.11. The van der Waals surface area contributed by atoms with E-state index < -0.39 is 0 Å². The third-order valence-corrected chi connectivity index (χ3v) is 1.96. The summed E-state index contributed by atoms with van der Waals surface area (Å²) in [7, 11) is 0. The number of rotatable bonds is 1. The Bertz CT molecular complexity index is 181. The van der Waals surface area contributed by atoms with Gasteiger partial charge in [0, 0.05) is 5.57 Å². The first-order chi connectivity index (χ1) is 4.25. The molecule has 9 heavy (non-hydrogen) atoms. The first-order valence-corrected chi connectivity index (χ1v) is 3.69. The van der Waals surface area contributed by atoms with Crippen molar-refractivity contribution >= 4 is 21.6 Å². The van der Waals surface area contributed by atoms with E-state index in [1.807, 2.05) is 6.92 Å². The molecule has 0 unspecified atom stereocenters. The molecule has 2 nitrogen and oxygen atoms in total. The maximum absolute atomic E-state index is 3.89. The minimum absolute atomic E-state index is 0.891. The largest absolute Gasteiger partial charge is 0.154 e. The molecule has 1 rings (SSSR count). The quantitative estimate of drug-likeness (QED) is 0.562. The van der Waals surface area contributed by atoms with Crippen LogP contribution >= 0.6 is 15.9 Å². The van der Waals surface area contributed by atoms with Gasteiger partial charge in [0.2, 0.25) is 0 Å². The molecule has 1 aliphatic rings. The Labute approximate surface area is 63.2 Å². The molecule has 1 heterocycles. The van der Waals surface area contributed by atoms with E-state index in [4.69, 9.17) is 0 Å². The van der Waals surface area contributed by atoms with Crippen molar-refractivity contribution in [3.63, 3.8) is 0 Å². The highest BCUT2D eigenvalue weighted by Gasteiger charge is 2.12. The Kier molecular flexibility index (Phi) is 1.90. The second kappa shape index (κ2) is 2.52. The summed E-state index contributed by atoms with van der Waals surface area (Å²) in [4.78, 5) is 0. The minimum atomic E-state index is 0.891. The summed E-state index contributed by atoms with van der Waals surface area (Å²) >= 11 is 3.30. The molecule has 0 aromatic heterocycles. The number of hydrogen-bond acceptors (Lipinski definition) is 1. The van der Waals surface area contributed by atoms with Crippen LogP contribution in [-0.4, -0.2) is 5.71 Å². The van der Waals surface area contributed by atoms with Crippen molar-refractivity contribution in [2.45, 2.75) is 20.3 Å². The number of allylic oxidation sites excluding steroid dienone is 1. The van der Waals surface area contributed by atoms with Gasteiger partial charge in [-0.3, -0.25) is 0 Å². The third kappa shape index (κ3) is 1.15. The van der Waals surface area contributed by atoms with Crippen molar-refractivity contribution < 1.29 is 0 Å². The molecule has 0 spiro atoms. The van der Waals surface area contributed by atoms with Crippen LogP contribution in [0.5, 0.6) is 0 Å². The molecule has 1 radical (unpaired) electrons. The lowest BCUT2D eigenvalue weighted by atomic mass is 10.1. The van der Waals surface area contributed by atoms with Crippen molar-refractivity contribution in [3.05, 3.63) is 10.2 Å². The fourth-order valence-electron chi connectivity index (χ4n) is 0.791. The number of hydrogen-bond donors (Lipinski definition) is 0. The van der Waals surface area contributed by atoms with Crippen LogP contribution in [0, 0.1) is 0 Å². The van der Waals surface area contributed by atoms with Gasteiger partial charge in [-0.2, -0.15) is 5.10 Å². The highest BCUT2D eigenvalue weighted by atomic mass is 79.9. The lowest BCUT2D eigenvalue weighted by Crippen LogP contribution is -1.90. The van der Waals surface area contributed by atoms with Crippen LogP contribution < -0.4 is 5.43 Å². The van der Waals surface area contributed by atoms with Gasteiger partial charge in [-0.15, -0.1) is 5.43 Å². The molecule has 0 N–H and O–H groups in total. The van der Waals surface area contributed by atoms with E-state index in [-0.39, 0.29) is 0 Å². The minimum Gasteiger partial charge on any atom is -0.154 e. The monoisotopic (exact) mass is 187 g/mol. The van der Waals surface area contributed by atoms with E-state index in [2.05, 4.69) is 33.4 Å². The van der Waals surface area contributed by atoms with E-state index in [1.165, 1.54) is 5.57 Å². The average Bonchev–Trinajstić information content (AvgIpc) is 2.12. The standard InChI is InChI=1S/C6H8BrN2/c1-3-5-4(2)8-9-6(5)7/h3H2,1-2H3. The predicted octanol–water partition coefficient (Wildman–Crippen LogP) is 2.00. The zero-order chi connectivity index (χ0) is 6.85. The van der Waals surface area contributed by atoms with Gasteiger partial charge in [-0.05, 0) is 29.3 Å². The molecule has 1 aliphatic heterocycles. The fourth-order valence-corrected chi connectivity index (χ4v) is 1.44. The zero-order valence-corrected chi connectivity index (χ0v) is 7.07. The summed E-state index contributed by atoms with van der Waals surface area (Å²) in [6.45, 7) is 4.06. The van der Waals surface area contributed by atoms with Crippen LogP contribution in [0.4, 0.5) is 0 Å². The van der Waals surface area contributed by atoms with Gasteiger partial charge in [0.05, 0.1) is 5.71 Å². The first-order valence-electron chi connectivity index (χ1n) is 2.90. The third-order valence-electron chi connectivity index (χ3n) is 1.33. The summed E-state index contributed by atoms with van der Waals surface area (Å²) < 4.78 is 0.891. The molecule has 0 atom stereocenters. The Morgan fingerprint density at radius 3 is 2.44 bits per heavy atom. The Hall–Kier alpha value is -0.310. The topological polar surface area (TPSA) is 26.5 Å². The van der Waals surface area contributed by atoms with Crippen molar-refractivity contribution in [1.29, 1.82) is 0 Å². The van der Waals surface area contributed by atoms with E-state index in [0.717, 1.165) is 16.7 Å². The van der Waals surface area contributed by atoms with Gasteiger partial charge in [-0.25, -0.2) is 0 Å². The second-order valence-corrected chi connectivity index (χ2v) is 2.66. The number of halogens is 1. The van der Waals surface area contributed by atoms with Gasteiger partial charge in [0.15, 0.2) is 0 Å². The van der Waals surface area contributed by atoms with Gasteiger partial charge >= 0.3 is 0 Å². The Balaban J connectivity index is 2.83. The van der Waals surface area contributed by atoms with Crippen LogP contribution in [-0.2, 0) is 0 Å². The normalized spacial score (nSPS) is 17.9. The lowest BCUT2D eigenvalue weighted by Gasteiger charge is -1.93. The molecule has 49 valence electrons. The zero-order valence-electron chi connectivity index (χ0n) is 5.48. The summed E-state index contributed by atoms with van der Waals surface area (Å²) in [6, 6.07) is 0. The summed E-state index contributed by atoms with van der Waals surface area (Å²) in [5, 5.41) is 3.89. The second-order valence-electron chi connectivity index (χ2n) is 1.91. The molecule has 0 saturated carbocycles. The van der Waals surface area contributed by atoms with Crippen LogP contribution in [0.3, 0.4) is 0 Å². The van der Waals surface area contributed by atoms with Gasteiger partial charge in [0.1, 0.15) is 4.61 Å². The molecule has 3 heteroatoms. The van der Waals surface area contributed by atoms with Crippen molar-refractivity contribution in [1.82, 2.24) is 5.43 Å². The van der Waals surface area contributed by atoms with Crippen LogP contribution in [0.25, 0.3) is 0 Å².